The molecule has 1 rings (SSSR count). The number of methoxy groups -OCH3 is 1. The fraction of sp³-hybridized carbons (Fsp3) is 0.400. The van der Waals surface area contributed by atoms with E-state index in [1.165, 1.54) is 0 Å². The average Bonchev–Trinajstić information content (AvgIpc) is 2.15. The molecule has 0 atom stereocenters. The molecule has 0 amide bonds. The van der Waals surface area contributed by atoms with Gasteiger partial charge in [-0.05, 0) is 12.1 Å². The molecule has 2 nitrogen and oxygen atoms in total. The summed E-state index contributed by atoms with van der Waals surface area (Å²) >= 11 is 18.3. The van der Waals surface area contributed by atoms with E-state index < -0.39 is 3.12 Å². The van der Waals surface area contributed by atoms with Gasteiger partial charge >= 0.3 is 0 Å². The zero-order valence-electron chi connectivity index (χ0n) is 9.13. The summed E-state index contributed by atoms with van der Waals surface area (Å²) in [6.07, 6.45) is 0. The van der Waals surface area contributed by atoms with Gasteiger partial charge in [-0.25, -0.2) is 0 Å². The number of alkyl halides is 3. The summed E-state index contributed by atoms with van der Waals surface area (Å²) in [6.45, 7) is 0. The van der Waals surface area contributed by atoms with Gasteiger partial charge in [0.15, 0.2) is 0 Å². The Kier molecular flexibility index (Phi) is 4.92. The van der Waals surface area contributed by atoms with Gasteiger partial charge in [0, 0.05) is 25.8 Å². The second kappa shape index (κ2) is 5.58. The Labute approximate surface area is 115 Å². The van der Waals surface area contributed by atoms with Crippen molar-refractivity contribution in [3.63, 3.8) is 0 Å². The molecule has 0 aliphatic heterocycles. The monoisotopic (exact) mass is 299 g/mol. The zero-order chi connectivity index (χ0) is 12.3. The Morgan fingerprint density at radius 1 is 1.25 bits per heavy atom. The van der Waals surface area contributed by atoms with E-state index in [4.69, 9.17) is 39.5 Å². The number of thioether (sulfide) groups is 1. The van der Waals surface area contributed by atoms with Crippen LogP contribution in [0.15, 0.2) is 23.1 Å². The highest BCUT2D eigenvalue weighted by Gasteiger charge is 2.23. The predicted molar refractivity (Wildman–Crippen MR) is 73.5 cm³/mol. The molecule has 0 saturated carbocycles. The first-order valence-electron chi connectivity index (χ1n) is 4.44. The summed E-state index contributed by atoms with van der Waals surface area (Å²) in [5, 5.41) is 0. The summed E-state index contributed by atoms with van der Waals surface area (Å²) in [4.78, 5) is 2.78. The molecule has 0 radical (unpaired) electrons. The molecular formula is C10H12Cl3NOS. The van der Waals surface area contributed by atoms with Gasteiger partial charge in [-0.1, -0.05) is 46.6 Å². The molecule has 1 aromatic carbocycles. The lowest BCUT2D eigenvalue weighted by Gasteiger charge is -2.17. The highest BCUT2D eigenvalue weighted by atomic mass is 35.6. The van der Waals surface area contributed by atoms with Crippen LogP contribution in [0.4, 0.5) is 5.69 Å². The highest BCUT2D eigenvalue weighted by molar-refractivity contribution is 8.04. The Balaban J connectivity index is 3.02. The SMILES string of the molecule is COc1cc(N(C)C)ccc1SC(Cl)(Cl)Cl. The minimum absolute atomic E-state index is 0.697. The average molecular weight is 301 g/mol. The lowest BCUT2D eigenvalue weighted by molar-refractivity contribution is 0.405. The van der Waals surface area contributed by atoms with Crippen LogP contribution in [-0.2, 0) is 0 Å². The standard InChI is InChI=1S/C10H12Cl3NOS/c1-14(2)7-4-5-9(8(6-7)15-3)16-10(11,12)13/h4-6H,1-3H3. The van der Waals surface area contributed by atoms with Crippen LogP contribution in [0.2, 0.25) is 0 Å². The highest BCUT2D eigenvalue weighted by Crippen LogP contribution is 2.47. The first-order valence-corrected chi connectivity index (χ1v) is 6.39. The van der Waals surface area contributed by atoms with Crippen LogP contribution in [0.1, 0.15) is 0 Å². The van der Waals surface area contributed by atoms with Gasteiger partial charge in [0.05, 0.1) is 12.0 Å². The fourth-order valence-electron chi connectivity index (χ4n) is 1.14. The Morgan fingerprint density at radius 2 is 1.88 bits per heavy atom. The molecule has 0 aliphatic carbocycles. The topological polar surface area (TPSA) is 12.5 Å². The zero-order valence-corrected chi connectivity index (χ0v) is 12.2. The first kappa shape index (κ1) is 14.1. The van der Waals surface area contributed by atoms with Crippen molar-refractivity contribution in [2.45, 2.75) is 8.02 Å². The van der Waals surface area contributed by atoms with Crippen LogP contribution in [0, 0.1) is 0 Å². The van der Waals surface area contributed by atoms with Gasteiger partial charge in [-0.2, -0.15) is 0 Å². The molecule has 0 unspecified atom stereocenters. The molecule has 6 heteroatoms. The quantitative estimate of drug-likeness (QED) is 0.614. The third-order valence-electron chi connectivity index (χ3n) is 1.89. The molecule has 0 fully saturated rings. The number of hydrogen-bond donors (Lipinski definition) is 0. The van der Waals surface area contributed by atoms with Crippen molar-refractivity contribution >= 4 is 52.3 Å². The Hall–Kier alpha value is 0.0400. The van der Waals surface area contributed by atoms with Crippen molar-refractivity contribution in [2.75, 3.05) is 26.1 Å². The number of ether oxygens (including phenoxy) is 1. The van der Waals surface area contributed by atoms with E-state index in [-0.39, 0.29) is 0 Å². The van der Waals surface area contributed by atoms with E-state index >= 15 is 0 Å². The number of rotatable bonds is 3. The number of benzene rings is 1. The minimum Gasteiger partial charge on any atom is -0.496 e. The van der Waals surface area contributed by atoms with Crippen LogP contribution < -0.4 is 9.64 Å². The predicted octanol–water partition coefficient (Wildman–Crippen LogP) is 4.18. The van der Waals surface area contributed by atoms with Gasteiger partial charge in [0.2, 0.25) is 3.12 Å². The van der Waals surface area contributed by atoms with E-state index in [2.05, 4.69) is 0 Å². The normalized spacial score (nSPS) is 11.4. The van der Waals surface area contributed by atoms with Crippen molar-refractivity contribution in [2.24, 2.45) is 0 Å². The molecule has 0 heterocycles. The summed E-state index contributed by atoms with van der Waals surface area (Å²) in [7, 11) is 5.50. The van der Waals surface area contributed by atoms with Crippen molar-refractivity contribution in [3.05, 3.63) is 18.2 Å². The second-order valence-corrected chi connectivity index (χ2v) is 7.49. The number of halogens is 3. The van der Waals surface area contributed by atoms with Gasteiger partial charge in [0.25, 0.3) is 0 Å². The molecule has 0 aliphatic rings. The van der Waals surface area contributed by atoms with Gasteiger partial charge in [-0.3, -0.25) is 0 Å². The molecule has 0 bridgehead atoms. The maximum absolute atomic E-state index is 5.73. The van der Waals surface area contributed by atoms with Crippen molar-refractivity contribution < 1.29 is 4.74 Å². The molecule has 0 N–H and O–H groups in total. The maximum atomic E-state index is 5.73. The van der Waals surface area contributed by atoms with E-state index in [1.54, 1.807) is 7.11 Å². The molecule has 0 aromatic heterocycles. The fourth-order valence-corrected chi connectivity index (χ4v) is 2.52. The van der Waals surface area contributed by atoms with Crippen LogP contribution >= 0.6 is 46.6 Å². The first-order chi connectivity index (χ1) is 7.33. The van der Waals surface area contributed by atoms with Crippen LogP contribution in [0.5, 0.6) is 5.75 Å². The summed E-state index contributed by atoms with van der Waals surface area (Å²) in [6, 6.07) is 5.72. The minimum atomic E-state index is -1.38. The van der Waals surface area contributed by atoms with Crippen molar-refractivity contribution in [1.29, 1.82) is 0 Å². The van der Waals surface area contributed by atoms with Crippen molar-refractivity contribution in [1.82, 2.24) is 0 Å². The van der Waals surface area contributed by atoms with Gasteiger partial charge in [0.1, 0.15) is 5.75 Å². The molecule has 16 heavy (non-hydrogen) atoms. The lowest BCUT2D eigenvalue weighted by Crippen LogP contribution is -2.08. The molecule has 1 aromatic rings. The Bertz CT molecular complexity index is 366. The smallest absolute Gasteiger partial charge is 0.242 e. The summed E-state index contributed by atoms with van der Waals surface area (Å²) in [5.74, 6) is 0.697. The third-order valence-corrected chi connectivity index (χ3v) is 3.37. The third kappa shape index (κ3) is 4.13. The molecular weight excluding hydrogens is 289 g/mol. The molecule has 0 saturated heterocycles. The largest absolute Gasteiger partial charge is 0.496 e. The van der Waals surface area contributed by atoms with E-state index in [0.717, 1.165) is 22.3 Å². The number of anilines is 1. The van der Waals surface area contributed by atoms with Crippen molar-refractivity contribution in [3.8, 4) is 5.75 Å². The molecule has 0 spiro atoms. The summed E-state index contributed by atoms with van der Waals surface area (Å²) in [5.41, 5.74) is 1.03. The maximum Gasteiger partial charge on any atom is 0.242 e. The lowest BCUT2D eigenvalue weighted by atomic mass is 10.3. The van der Waals surface area contributed by atoms with E-state index in [1.807, 2.05) is 37.2 Å². The molecule has 90 valence electrons. The van der Waals surface area contributed by atoms with Gasteiger partial charge in [-0.15, -0.1) is 0 Å². The second-order valence-electron chi connectivity index (χ2n) is 3.28. The summed E-state index contributed by atoms with van der Waals surface area (Å²) < 4.78 is 3.88. The van der Waals surface area contributed by atoms with Crippen LogP contribution in [0.3, 0.4) is 0 Å². The van der Waals surface area contributed by atoms with Crippen LogP contribution in [-0.4, -0.2) is 24.3 Å². The number of nitrogens with zero attached hydrogens (tertiary/aromatic N) is 1. The van der Waals surface area contributed by atoms with E-state index in [9.17, 15) is 0 Å². The Morgan fingerprint density at radius 3 is 2.31 bits per heavy atom. The van der Waals surface area contributed by atoms with Crippen LogP contribution in [0.25, 0.3) is 0 Å². The van der Waals surface area contributed by atoms with E-state index in [0.29, 0.717) is 5.75 Å². The van der Waals surface area contributed by atoms with Gasteiger partial charge < -0.3 is 9.64 Å². The number of hydrogen-bond acceptors (Lipinski definition) is 3.